The van der Waals surface area contributed by atoms with E-state index >= 15 is 0 Å². The van der Waals surface area contributed by atoms with Gasteiger partial charge in [0.05, 0.1) is 6.54 Å². The highest BCUT2D eigenvalue weighted by molar-refractivity contribution is 6.29. The van der Waals surface area contributed by atoms with Gasteiger partial charge in [0.15, 0.2) is 11.2 Å². The smallest absolute Gasteiger partial charge is 0.283 e. The minimum absolute atomic E-state index is 0.222. The molecule has 15 heavy (non-hydrogen) atoms. The van der Waals surface area contributed by atoms with E-state index in [4.69, 9.17) is 11.6 Å². The molecule has 0 N–H and O–H groups in total. The fourth-order valence-corrected chi connectivity index (χ4v) is 1.37. The lowest BCUT2D eigenvalue weighted by molar-refractivity contribution is 0.726. The van der Waals surface area contributed by atoms with Gasteiger partial charge in [0.25, 0.3) is 5.56 Å². The largest absolute Gasteiger partial charge is 0.292 e. The lowest BCUT2D eigenvalue weighted by Crippen LogP contribution is -2.21. The molecule has 0 radical (unpaired) electrons. The van der Waals surface area contributed by atoms with Gasteiger partial charge in [-0.3, -0.25) is 9.36 Å². The predicted octanol–water partition coefficient (Wildman–Crippen LogP) is 0.277. The number of fused-ring (bicyclic) bond motifs is 1. The Kier molecular flexibility index (Phi) is 2.28. The first-order valence-corrected chi connectivity index (χ1v) is 4.55. The maximum absolute atomic E-state index is 11.8. The van der Waals surface area contributed by atoms with E-state index in [1.807, 2.05) is 0 Å². The average molecular weight is 226 g/mol. The van der Waals surface area contributed by atoms with E-state index in [1.165, 1.54) is 15.6 Å². The number of hydrogen-bond acceptors (Lipinski definition) is 4. The second kappa shape index (κ2) is 3.47. The summed E-state index contributed by atoms with van der Waals surface area (Å²) < 4.78 is 2.78. The minimum atomic E-state index is -0.269. The molecular formula is C8H8ClN5O. The monoisotopic (exact) mass is 225 g/mol. The molecule has 0 aliphatic rings. The summed E-state index contributed by atoms with van der Waals surface area (Å²) in [6, 6.07) is 0. The molecule has 0 bridgehead atoms. The molecule has 78 valence electrons. The van der Waals surface area contributed by atoms with Crippen LogP contribution in [0, 0.1) is 0 Å². The Morgan fingerprint density at radius 1 is 1.67 bits per heavy atom. The van der Waals surface area contributed by atoms with E-state index in [-0.39, 0.29) is 17.6 Å². The predicted molar refractivity (Wildman–Crippen MR) is 55.6 cm³/mol. The summed E-state index contributed by atoms with van der Waals surface area (Å²) in [7, 11) is 1.67. The summed E-state index contributed by atoms with van der Waals surface area (Å²) in [6.45, 7) is 3.74. The second-order valence-corrected chi connectivity index (χ2v) is 3.61. The maximum Gasteiger partial charge on any atom is 0.283 e. The molecule has 2 heterocycles. The normalized spacial score (nSPS) is 10.8. The number of nitrogens with zero attached hydrogens (tertiary/aromatic N) is 5. The zero-order valence-corrected chi connectivity index (χ0v) is 8.77. The van der Waals surface area contributed by atoms with E-state index in [9.17, 15) is 4.79 Å². The molecule has 0 spiro atoms. The van der Waals surface area contributed by atoms with Crippen LogP contribution in [0.25, 0.3) is 11.2 Å². The molecule has 0 aromatic carbocycles. The van der Waals surface area contributed by atoms with Crippen LogP contribution in [0.1, 0.15) is 0 Å². The van der Waals surface area contributed by atoms with Crippen LogP contribution in [-0.2, 0) is 13.6 Å². The molecule has 0 amide bonds. The van der Waals surface area contributed by atoms with E-state index in [2.05, 4.69) is 21.9 Å². The van der Waals surface area contributed by atoms with Crippen LogP contribution < -0.4 is 5.56 Å². The molecular weight excluding hydrogens is 218 g/mol. The molecule has 0 aliphatic carbocycles. The Balaban J connectivity index is 2.66. The summed E-state index contributed by atoms with van der Waals surface area (Å²) in [6.07, 6.45) is 1.40. The summed E-state index contributed by atoms with van der Waals surface area (Å²) in [5, 5.41) is 7.81. The van der Waals surface area contributed by atoms with Gasteiger partial charge in [0.2, 0.25) is 0 Å². The third-order valence-electron chi connectivity index (χ3n) is 1.92. The van der Waals surface area contributed by atoms with Crippen LogP contribution >= 0.6 is 11.6 Å². The van der Waals surface area contributed by atoms with Gasteiger partial charge in [-0.25, -0.2) is 9.67 Å². The van der Waals surface area contributed by atoms with Gasteiger partial charge < -0.3 is 0 Å². The van der Waals surface area contributed by atoms with Crippen molar-refractivity contribution >= 4 is 22.8 Å². The Bertz CT molecular complexity index is 584. The lowest BCUT2D eigenvalue weighted by atomic mass is 10.5. The van der Waals surface area contributed by atoms with Crippen LogP contribution in [0.15, 0.2) is 22.7 Å². The quantitative estimate of drug-likeness (QED) is 0.736. The molecule has 0 aliphatic heterocycles. The van der Waals surface area contributed by atoms with Gasteiger partial charge in [-0.15, -0.1) is 5.10 Å². The number of halogens is 1. The molecule has 0 saturated carbocycles. The second-order valence-electron chi connectivity index (χ2n) is 3.08. The Morgan fingerprint density at radius 3 is 3.07 bits per heavy atom. The van der Waals surface area contributed by atoms with Crippen molar-refractivity contribution in [1.29, 1.82) is 0 Å². The molecule has 0 atom stereocenters. The van der Waals surface area contributed by atoms with Gasteiger partial charge in [-0.05, 0) is 0 Å². The first-order valence-electron chi connectivity index (χ1n) is 4.17. The number of aromatic nitrogens is 5. The molecule has 7 heteroatoms. The fourth-order valence-electron chi connectivity index (χ4n) is 1.25. The Labute approximate surface area is 89.8 Å². The highest BCUT2D eigenvalue weighted by Crippen LogP contribution is 2.03. The summed E-state index contributed by atoms with van der Waals surface area (Å²) in [5.41, 5.74) is 0.421. The Morgan fingerprint density at radius 2 is 2.40 bits per heavy atom. The van der Waals surface area contributed by atoms with Crippen LogP contribution in [0.2, 0.25) is 0 Å². The van der Waals surface area contributed by atoms with Crippen molar-refractivity contribution in [3.05, 3.63) is 28.3 Å². The fraction of sp³-hybridized carbons (Fsp3) is 0.250. The zero-order valence-electron chi connectivity index (χ0n) is 8.01. The first kappa shape index (κ1) is 9.85. The number of allylic oxidation sites excluding steroid dienone is 1. The molecule has 0 fully saturated rings. The lowest BCUT2D eigenvalue weighted by Gasteiger charge is -2.01. The van der Waals surface area contributed by atoms with Crippen LogP contribution in [-0.4, -0.2) is 24.5 Å². The van der Waals surface area contributed by atoms with Crippen LogP contribution in [0.3, 0.4) is 0 Å². The van der Waals surface area contributed by atoms with Crippen molar-refractivity contribution in [3.8, 4) is 0 Å². The van der Waals surface area contributed by atoms with Gasteiger partial charge in [0, 0.05) is 12.1 Å². The standard InChI is InChI=1S/C8H8ClN5O/c1-5(9)3-14-4-10-7-6(8(14)15)11-12-13(7)2/h4H,1,3H2,2H3. The molecule has 6 nitrogen and oxygen atoms in total. The SMILES string of the molecule is C=C(Cl)Cn1cnc2c(nnn2C)c1=O. The van der Waals surface area contributed by atoms with Crippen molar-refractivity contribution in [3.63, 3.8) is 0 Å². The highest BCUT2D eigenvalue weighted by atomic mass is 35.5. The van der Waals surface area contributed by atoms with Crippen molar-refractivity contribution in [2.24, 2.45) is 7.05 Å². The molecule has 2 rings (SSSR count). The van der Waals surface area contributed by atoms with E-state index in [0.29, 0.717) is 10.7 Å². The maximum atomic E-state index is 11.8. The van der Waals surface area contributed by atoms with Crippen LogP contribution in [0.4, 0.5) is 0 Å². The van der Waals surface area contributed by atoms with Crippen molar-refractivity contribution in [1.82, 2.24) is 24.5 Å². The zero-order chi connectivity index (χ0) is 11.0. The molecule has 0 saturated heterocycles. The highest BCUT2D eigenvalue weighted by Gasteiger charge is 2.09. The number of hydrogen-bond donors (Lipinski definition) is 0. The third-order valence-corrected chi connectivity index (χ3v) is 2.04. The van der Waals surface area contributed by atoms with Crippen molar-refractivity contribution in [2.75, 3.05) is 0 Å². The topological polar surface area (TPSA) is 65.6 Å². The molecule has 2 aromatic rings. The first-order chi connectivity index (χ1) is 7.09. The summed E-state index contributed by atoms with van der Waals surface area (Å²) in [5.74, 6) is 0. The van der Waals surface area contributed by atoms with Crippen molar-refractivity contribution in [2.45, 2.75) is 6.54 Å². The minimum Gasteiger partial charge on any atom is -0.292 e. The van der Waals surface area contributed by atoms with Gasteiger partial charge in [-0.1, -0.05) is 23.4 Å². The third kappa shape index (κ3) is 1.63. The van der Waals surface area contributed by atoms with E-state index < -0.39 is 0 Å². The van der Waals surface area contributed by atoms with Gasteiger partial charge in [0.1, 0.15) is 6.33 Å². The summed E-state index contributed by atoms with van der Waals surface area (Å²) >= 11 is 5.62. The number of aryl methyl sites for hydroxylation is 1. The van der Waals surface area contributed by atoms with Crippen LogP contribution in [0.5, 0.6) is 0 Å². The molecule has 2 aromatic heterocycles. The number of rotatable bonds is 2. The Hall–Kier alpha value is -1.69. The van der Waals surface area contributed by atoms with Crippen molar-refractivity contribution < 1.29 is 0 Å². The van der Waals surface area contributed by atoms with Gasteiger partial charge >= 0.3 is 0 Å². The van der Waals surface area contributed by atoms with Gasteiger partial charge in [-0.2, -0.15) is 0 Å². The molecule has 0 unspecified atom stereocenters. The van der Waals surface area contributed by atoms with E-state index in [1.54, 1.807) is 7.05 Å². The summed E-state index contributed by atoms with van der Waals surface area (Å²) in [4.78, 5) is 15.8. The van der Waals surface area contributed by atoms with E-state index in [0.717, 1.165) is 0 Å². The average Bonchev–Trinajstić information content (AvgIpc) is 2.53.